The Bertz CT molecular complexity index is 1210. The minimum absolute atomic E-state index is 0.0804. The van der Waals surface area contributed by atoms with Gasteiger partial charge < -0.3 is 4.74 Å². The highest BCUT2D eigenvalue weighted by Crippen LogP contribution is 2.29. The van der Waals surface area contributed by atoms with E-state index in [0.717, 1.165) is 28.3 Å². The molecular formula is C23H21N3O2. The molecule has 2 aromatic heterocycles. The van der Waals surface area contributed by atoms with Gasteiger partial charge in [-0.3, -0.25) is 14.3 Å². The van der Waals surface area contributed by atoms with Crippen LogP contribution >= 0.6 is 0 Å². The molecule has 5 heteroatoms. The Kier molecular flexibility index (Phi) is 4.65. The van der Waals surface area contributed by atoms with Crippen molar-refractivity contribution in [2.75, 3.05) is 7.11 Å². The average molecular weight is 371 g/mol. The smallest absolute Gasteiger partial charge is 0.266 e. The maximum Gasteiger partial charge on any atom is 0.266 e. The van der Waals surface area contributed by atoms with E-state index in [-0.39, 0.29) is 5.56 Å². The van der Waals surface area contributed by atoms with Crippen molar-refractivity contribution in [3.05, 3.63) is 82.7 Å². The second kappa shape index (κ2) is 7.27. The predicted octanol–water partition coefficient (Wildman–Crippen LogP) is 4.33. The molecule has 0 aliphatic carbocycles. The molecule has 0 unspecified atom stereocenters. The summed E-state index contributed by atoms with van der Waals surface area (Å²) in [5, 5.41) is 0.580. The molecule has 0 radical (unpaired) electrons. The highest BCUT2D eigenvalue weighted by molar-refractivity contribution is 5.94. The summed E-state index contributed by atoms with van der Waals surface area (Å²) in [6.45, 7) is 3.90. The van der Waals surface area contributed by atoms with Gasteiger partial charge in [-0.1, -0.05) is 37.3 Å². The van der Waals surface area contributed by atoms with Gasteiger partial charge in [0.15, 0.2) is 0 Å². The molecule has 0 saturated heterocycles. The Morgan fingerprint density at radius 2 is 1.86 bits per heavy atom. The van der Waals surface area contributed by atoms with Crippen LogP contribution in [0.3, 0.4) is 0 Å². The van der Waals surface area contributed by atoms with Crippen LogP contribution in [0.2, 0.25) is 0 Å². The van der Waals surface area contributed by atoms with Crippen molar-refractivity contribution in [1.82, 2.24) is 14.5 Å². The Balaban J connectivity index is 2.06. The van der Waals surface area contributed by atoms with E-state index in [2.05, 4.69) is 4.98 Å². The number of methoxy groups -OCH3 is 1. The molecule has 0 aliphatic rings. The zero-order valence-corrected chi connectivity index (χ0v) is 16.1. The molecule has 0 fully saturated rings. The molecular weight excluding hydrogens is 350 g/mol. The zero-order chi connectivity index (χ0) is 19.7. The molecule has 2 aromatic carbocycles. The summed E-state index contributed by atoms with van der Waals surface area (Å²) in [4.78, 5) is 22.8. The minimum atomic E-state index is -0.0804. The number of para-hydroxylation sites is 1. The molecule has 0 spiro atoms. The first kappa shape index (κ1) is 17.9. The molecule has 0 aliphatic heterocycles. The number of fused-ring (bicyclic) bond motifs is 1. The monoisotopic (exact) mass is 371 g/mol. The number of aromatic nitrogens is 3. The summed E-state index contributed by atoms with van der Waals surface area (Å²) < 4.78 is 7.12. The fourth-order valence-corrected chi connectivity index (χ4v) is 3.46. The van der Waals surface area contributed by atoms with Gasteiger partial charge in [0.25, 0.3) is 5.56 Å². The predicted molar refractivity (Wildman–Crippen MR) is 111 cm³/mol. The van der Waals surface area contributed by atoms with Gasteiger partial charge in [-0.15, -0.1) is 0 Å². The lowest BCUT2D eigenvalue weighted by molar-refractivity contribution is 0.409. The zero-order valence-electron chi connectivity index (χ0n) is 16.1. The van der Waals surface area contributed by atoms with Crippen molar-refractivity contribution in [2.24, 2.45) is 0 Å². The van der Waals surface area contributed by atoms with Crippen LogP contribution in [-0.4, -0.2) is 21.6 Å². The second-order valence-corrected chi connectivity index (χ2v) is 6.57. The highest BCUT2D eigenvalue weighted by Gasteiger charge is 2.16. The summed E-state index contributed by atoms with van der Waals surface area (Å²) >= 11 is 0. The van der Waals surface area contributed by atoms with Gasteiger partial charge >= 0.3 is 0 Å². The number of aryl methyl sites for hydroxylation is 2. The second-order valence-electron chi connectivity index (χ2n) is 6.57. The van der Waals surface area contributed by atoms with Crippen molar-refractivity contribution in [2.45, 2.75) is 20.3 Å². The van der Waals surface area contributed by atoms with Gasteiger partial charge in [-0.25, -0.2) is 4.98 Å². The van der Waals surface area contributed by atoms with E-state index in [1.807, 2.05) is 68.4 Å². The van der Waals surface area contributed by atoms with Crippen LogP contribution in [0.15, 0.2) is 65.6 Å². The lowest BCUT2D eigenvalue weighted by Gasteiger charge is -2.15. The maximum absolute atomic E-state index is 13.6. The standard InChI is InChI=1S/C23H21N3O2/c1-4-21-25-19-12-8-11-18(16-13-20(28-3)15(2)24-14-16)22(19)23(27)26(21)17-9-6-5-7-10-17/h5-14H,4H2,1-3H3. The van der Waals surface area contributed by atoms with Crippen molar-refractivity contribution in [1.29, 1.82) is 0 Å². The fraction of sp³-hybridized carbons (Fsp3) is 0.174. The molecule has 140 valence electrons. The Morgan fingerprint density at radius 3 is 2.57 bits per heavy atom. The largest absolute Gasteiger partial charge is 0.495 e. The molecule has 0 bridgehead atoms. The van der Waals surface area contributed by atoms with E-state index < -0.39 is 0 Å². The molecule has 5 nitrogen and oxygen atoms in total. The van der Waals surface area contributed by atoms with Gasteiger partial charge in [0.1, 0.15) is 11.6 Å². The van der Waals surface area contributed by atoms with Crippen molar-refractivity contribution < 1.29 is 4.74 Å². The topological polar surface area (TPSA) is 57.0 Å². The molecule has 28 heavy (non-hydrogen) atoms. The van der Waals surface area contributed by atoms with Gasteiger partial charge in [-0.05, 0) is 36.8 Å². The van der Waals surface area contributed by atoms with Gasteiger partial charge in [0.05, 0.1) is 29.4 Å². The maximum atomic E-state index is 13.6. The molecule has 0 amide bonds. The summed E-state index contributed by atoms with van der Waals surface area (Å²) in [7, 11) is 1.62. The first-order valence-electron chi connectivity index (χ1n) is 9.25. The molecule has 0 saturated carbocycles. The number of hydrogen-bond donors (Lipinski definition) is 0. The highest BCUT2D eigenvalue weighted by atomic mass is 16.5. The number of rotatable bonds is 4. The van der Waals surface area contributed by atoms with E-state index in [1.165, 1.54) is 0 Å². The number of nitrogens with zero attached hydrogens (tertiary/aromatic N) is 3. The molecule has 2 heterocycles. The number of ether oxygens (including phenoxy) is 1. The van der Waals surface area contributed by atoms with E-state index >= 15 is 0 Å². The van der Waals surface area contributed by atoms with Crippen molar-refractivity contribution >= 4 is 10.9 Å². The van der Waals surface area contributed by atoms with Crippen LogP contribution in [0.5, 0.6) is 5.75 Å². The van der Waals surface area contributed by atoms with Crippen molar-refractivity contribution in [3.8, 4) is 22.6 Å². The Morgan fingerprint density at radius 1 is 1.07 bits per heavy atom. The van der Waals surface area contributed by atoms with Gasteiger partial charge in [0.2, 0.25) is 0 Å². The van der Waals surface area contributed by atoms with E-state index in [0.29, 0.717) is 23.1 Å². The first-order chi connectivity index (χ1) is 13.6. The van der Waals surface area contributed by atoms with Crippen LogP contribution < -0.4 is 10.3 Å². The number of hydrogen-bond acceptors (Lipinski definition) is 4. The van der Waals surface area contributed by atoms with E-state index in [4.69, 9.17) is 9.72 Å². The minimum Gasteiger partial charge on any atom is -0.495 e. The van der Waals surface area contributed by atoms with Crippen LogP contribution in [0.25, 0.3) is 27.7 Å². The van der Waals surface area contributed by atoms with E-state index in [9.17, 15) is 4.79 Å². The Labute approximate surface area is 163 Å². The van der Waals surface area contributed by atoms with Crippen LogP contribution in [-0.2, 0) is 6.42 Å². The Hall–Kier alpha value is -3.47. The molecule has 4 aromatic rings. The molecule has 4 rings (SSSR count). The summed E-state index contributed by atoms with van der Waals surface area (Å²) in [6, 6.07) is 17.3. The first-order valence-corrected chi connectivity index (χ1v) is 9.25. The third kappa shape index (κ3) is 2.95. The lowest BCUT2D eigenvalue weighted by Crippen LogP contribution is -2.24. The number of benzene rings is 2. The summed E-state index contributed by atoms with van der Waals surface area (Å²) in [5.41, 5.74) is 3.85. The third-order valence-corrected chi connectivity index (χ3v) is 4.87. The molecule has 0 atom stereocenters. The fourth-order valence-electron chi connectivity index (χ4n) is 3.46. The van der Waals surface area contributed by atoms with Gasteiger partial charge in [-0.2, -0.15) is 0 Å². The SMILES string of the molecule is CCc1nc2cccc(-c3cnc(C)c(OC)c3)c2c(=O)n1-c1ccccc1. The van der Waals surface area contributed by atoms with Crippen LogP contribution in [0.1, 0.15) is 18.4 Å². The lowest BCUT2D eigenvalue weighted by atomic mass is 10.0. The molecule has 0 N–H and O–H groups in total. The summed E-state index contributed by atoms with van der Waals surface area (Å²) in [5.74, 6) is 1.43. The quantitative estimate of drug-likeness (QED) is 0.536. The third-order valence-electron chi connectivity index (χ3n) is 4.87. The van der Waals surface area contributed by atoms with Crippen LogP contribution in [0, 0.1) is 6.92 Å². The average Bonchev–Trinajstić information content (AvgIpc) is 2.74. The van der Waals surface area contributed by atoms with Crippen LogP contribution in [0.4, 0.5) is 0 Å². The van der Waals surface area contributed by atoms with Crippen molar-refractivity contribution in [3.63, 3.8) is 0 Å². The van der Waals surface area contributed by atoms with Gasteiger partial charge in [0, 0.05) is 18.2 Å². The normalized spacial score (nSPS) is 11.0. The van der Waals surface area contributed by atoms with E-state index in [1.54, 1.807) is 17.9 Å². The summed E-state index contributed by atoms with van der Waals surface area (Å²) in [6.07, 6.45) is 2.43. The number of pyridine rings is 1.